The van der Waals surface area contributed by atoms with Crippen LogP contribution in [-0.4, -0.2) is 38.1 Å². The van der Waals surface area contributed by atoms with E-state index in [1.807, 2.05) is 26.0 Å². The van der Waals surface area contributed by atoms with Gasteiger partial charge in [0.15, 0.2) is 0 Å². The first-order chi connectivity index (χ1) is 17.2. The maximum absolute atomic E-state index is 13.4. The van der Waals surface area contributed by atoms with Gasteiger partial charge in [-0.15, -0.1) is 0 Å². The van der Waals surface area contributed by atoms with Gasteiger partial charge in [-0.05, 0) is 60.9 Å². The number of ether oxygens (including phenoxy) is 3. The second-order valence-corrected chi connectivity index (χ2v) is 8.81. The van der Waals surface area contributed by atoms with E-state index < -0.39 is 23.5 Å². The molecule has 1 aliphatic heterocycles. The van der Waals surface area contributed by atoms with Gasteiger partial charge in [0.1, 0.15) is 23.0 Å². The van der Waals surface area contributed by atoms with Crippen molar-refractivity contribution in [1.82, 2.24) is 0 Å². The molecule has 0 radical (unpaired) electrons. The number of hydrogen-bond donors (Lipinski definition) is 1. The minimum absolute atomic E-state index is 0.0806. The second kappa shape index (κ2) is 9.95. The number of halogens is 1. The molecule has 0 aliphatic carbocycles. The third kappa shape index (κ3) is 4.27. The average Bonchev–Trinajstić information content (AvgIpc) is 3.15. The number of aliphatic hydroxyl groups excluding tert-OH is 1. The number of benzene rings is 3. The third-order valence-corrected chi connectivity index (χ3v) is 6.67. The van der Waals surface area contributed by atoms with E-state index in [-0.39, 0.29) is 21.9 Å². The van der Waals surface area contributed by atoms with Crippen LogP contribution in [0, 0.1) is 13.8 Å². The predicted octanol–water partition coefficient (Wildman–Crippen LogP) is 5.61. The summed E-state index contributed by atoms with van der Waals surface area (Å²) in [6.07, 6.45) is 0. The molecule has 7 nitrogen and oxygen atoms in total. The molecule has 4 rings (SSSR count). The number of anilines is 1. The van der Waals surface area contributed by atoms with Gasteiger partial charge in [0, 0.05) is 11.8 Å². The van der Waals surface area contributed by atoms with Crippen molar-refractivity contribution in [2.75, 3.05) is 26.2 Å². The van der Waals surface area contributed by atoms with Crippen molar-refractivity contribution in [2.45, 2.75) is 19.9 Å². The molecule has 1 amide bonds. The molecule has 1 heterocycles. The summed E-state index contributed by atoms with van der Waals surface area (Å²) in [5.74, 6) is -0.779. The quantitative estimate of drug-likeness (QED) is 0.265. The normalized spacial score (nSPS) is 16.8. The molecule has 1 fully saturated rings. The molecule has 1 atom stereocenters. The van der Waals surface area contributed by atoms with Crippen molar-refractivity contribution in [1.29, 1.82) is 0 Å². The van der Waals surface area contributed by atoms with Crippen molar-refractivity contribution >= 4 is 34.7 Å². The van der Waals surface area contributed by atoms with Gasteiger partial charge in [-0.3, -0.25) is 14.5 Å². The van der Waals surface area contributed by atoms with Crippen LogP contribution in [0.4, 0.5) is 5.69 Å². The second-order valence-electron chi connectivity index (χ2n) is 8.40. The van der Waals surface area contributed by atoms with Crippen LogP contribution in [-0.2, 0) is 9.59 Å². The van der Waals surface area contributed by atoms with Crippen molar-refractivity contribution in [3.8, 4) is 17.2 Å². The molecule has 0 bridgehead atoms. The van der Waals surface area contributed by atoms with Gasteiger partial charge in [0.2, 0.25) is 0 Å². The van der Waals surface area contributed by atoms with E-state index in [0.29, 0.717) is 22.7 Å². The number of methoxy groups -OCH3 is 3. The zero-order valence-corrected chi connectivity index (χ0v) is 21.3. The lowest BCUT2D eigenvalue weighted by Crippen LogP contribution is -2.29. The van der Waals surface area contributed by atoms with E-state index in [4.69, 9.17) is 25.8 Å². The van der Waals surface area contributed by atoms with Crippen molar-refractivity contribution in [3.63, 3.8) is 0 Å². The summed E-state index contributed by atoms with van der Waals surface area (Å²) >= 11 is 6.33. The minimum Gasteiger partial charge on any atom is -0.507 e. The topological polar surface area (TPSA) is 85.3 Å². The van der Waals surface area contributed by atoms with Crippen molar-refractivity contribution < 1.29 is 28.9 Å². The molecule has 1 saturated heterocycles. The fourth-order valence-electron chi connectivity index (χ4n) is 4.27. The predicted molar refractivity (Wildman–Crippen MR) is 138 cm³/mol. The van der Waals surface area contributed by atoms with Crippen LogP contribution in [0.5, 0.6) is 17.2 Å². The molecule has 1 N–H and O–H groups in total. The molecule has 186 valence electrons. The number of hydrogen-bond acceptors (Lipinski definition) is 6. The van der Waals surface area contributed by atoms with E-state index >= 15 is 0 Å². The highest BCUT2D eigenvalue weighted by Gasteiger charge is 2.47. The first kappa shape index (κ1) is 25.1. The summed E-state index contributed by atoms with van der Waals surface area (Å²) in [5.41, 5.74) is 3.26. The Morgan fingerprint density at radius 2 is 1.53 bits per heavy atom. The lowest BCUT2D eigenvalue weighted by molar-refractivity contribution is -0.132. The van der Waals surface area contributed by atoms with Crippen molar-refractivity contribution in [3.05, 3.63) is 87.4 Å². The smallest absolute Gasteiger partial charge is 0.300 e. The molecule has 3 aromatic carbocycles. The summed E-state index contributed by atoms with van der Waals surface area (Å²) in [5, 5.41) is 11.7. The number of nitrogens with zero attached hydrogens (tertiary/aromatic N) is 1. The standard InChI is InChI=1S/C28H26ClNO6/c1-15-6-9-18(12-16(15)2)30-25(17-7-10-19(34-3)11-8-17)24(27(32)28(30)33)26(31)20-13-21(29)23(36-5)14-22(20)35-4/h6-14,25,31H,1-5H3/b26-24+. The van der Waals surface area contributed by atoms with Crippen LogP contribution in [0.1, 0.15) is 28.3 Å². The molecule has 0 saturated carbocycles. The Balaban J connectivity index is 1.99. The van der Waals surface area contributed by atoms with Crippen LogP contribution >= 0.6 is 11.6 Å². The number of ketones is 1. The number of Topliss-reactive ketones (excluding diaryl/α,β-unsaturated/α-hetero) is 1. The van der Waals surface area contributed by atoms with Gasteiger partial charge >= 0.3 is 0 Å². The minimum atomic E-state index is -0.899. The Kier molecular flexibility index (Phi) is 6.95. The molecule has 8 heteroatoms. The average molecular weight is 508 g/mol. The largest absolute Gasteiger partial charge is 0.507 e. The van der Waals surface area contributed by atoms with Gasteiger partial charge in [-0.1, -0.05) is 29.8 Å². The fraction of sp³-hybridized carbons (Fsp3) is 0.214. The molecular weight excluding hydrogens is 482 g/mol. The summed E-state index contributed by atoms with van der Waals surface area (Å²) < 4.78 is 16.0. The van der Waals surface area contributed by atoms with Gasteiger partial charge < -0.3 is 19.3 Å². The number of carbonyl (C=O) groups excluding carboxylic acids is 2. The van der Waals surface area contributed by atoms with Crippen LogP contribution in [0.15, 0.2) is 60.2 Å². The first-order valence-electron chi connectivity index (χ1n) is 11.2. The molecule has 0 aromatic heterocycles. The number of carbonyl (C=O) groups is 2. The molecule has 36 heavy (non-hydrogen) atoms. The highest BCUT2D eigenvalue weighted by Crippen LogP contribution is 2.45. The third-order valence-electron chi connectivity index (χ3n) is 6.37. The van der Waals surface area contributed by atoms with E-state index in [2.05, 4.69) is 0 Å². The number of amides is 1. The van der Waals surface area contributed by atoms with Gasteiger partial charge in [0.25, 0.3) is 11.7 Å². The summed E-state index contributed by atoms with van der Waals surface area (Å²) in [4.78, 5) is 28.2. The highest BCUT2D eigenvalue weighted by molar-refractivity contribution is 6.51. The maximum atomic E-state index is 13.4. The summed E-state index contributed by atoms with van der Waals surface area (Å²) in [6.45, 7) is 3.90. The molecule has 0 spiro atoms. The van der Waals surface area contributed by atoms with E-state index in [9.17, 15) is 14.7 Å². The SMILES string of the molecule is COc1ccc(C2/C(=C(\O)c3cc(Cl)c(OC)cc3OC)C(=O)C(=O)N2c2ccc(C)c(C)c2)cc1. The van der Waals surface area contributed by atoms with Crippen LogP contribution in [0.25, 0.3) is 5.76 Å². The molecule has 1 aliphatic rings. The van der Waals surface area contributed by atoms with Crippen LogP contribution < -0.4 is 19.1 Å². The Labute approximate surface area is 214 Å². The summed E-state index contributed by atoms with van der Waals surface area (Å²) in [6, 6.07) is 14.6. The zero-order chi connectivity index (χ0) is 26.1. The van der Waals surface area contributed by atoms with E-state index in [1.54, 1.807) is 37.4 Å². The number of aliphatic hydroxyl groups is 1. The number of aryl methyl sites for hydroxylation is 2. The first-order valence-corrected chi connectivity index (χ1v) is 11.5. The van der Waals surface area contributed by atoms with Crippen LogP contribution in [0.3, 0.4) is 0 Å². The Hall–Kier alpha value is -3.97. The molecule has 1 unspecified atom stereocenters. The van der Waals surface area contributed by atoms with Gasteiger partial charge in [-0.25, -0.2) is 0 Å². The summed E-state index contributed by atoms with van der Waals surface area (Å²) in [7, 11) is 4.43. The van der Waals surface area contributed by atoms with E-state index in [1.165, 1.54) is 31.3 Å². The van der Waals surface area contributed by atoms with E-state index in [0.717, 1.165) is 11.1 Å². The fourth-order valence-corrected chi connectivity index (χ4v) is 4.51. The molecular formula is C28H26ClNO6. The van der Waals surface area contributed by atoms with Gasteiger partial charge in [0.05, 0.1) is 43.5 Å². The zero-order valence-electron chi connectivity index (χ0n) is 20.6. The highest BCUT2D eigenvalue weighted by atomic mass is 35.5. The van der Waals surface area contributed by atoms with Gasteiger partial charge in [-0.2, -0.15) is 0 Å². The monoisotopic (exact) mass is 507 g/mol. The Morgan fingerprint density at radius 3 is 2.11 bits per heavy atom. The lowest BCUT2D eigenvalue weighted by Gasteiger charge is -2.26. The molecule has 3 aromatic rings. The van der Waals surface area contributed by atoms with Crippen molar-refractivity contribution in [2.24, 2.45) is 0 Å². The Bertz CT molecular complexity index is 1380. The number of rotatable bonds is 6. The Morgan fingerprint density at radius 1 is 0.861 bits per heavy atom. The lowest BCUT2D eigenvalue weighted by atomic mass is 9.94. The van der Waals surface area contributed by atoms with Crippen LogP contribution in [0.2, 0.25) is 5.02 Å². The maximum Gasteiger partial charge on any atom is 0.300 e.